The van der Waals surface area contributed by atoms with Crippen molar-refractivity contribution in [3.05, 3.63) is 46.6 Å². The lowest BCUT2D eigenvalue weighted by Crippen LogP contribution is -2.11. The Morgan fingerprint density at radius 2 is 1.15 bits per heavy atom. The molecule has 0 saturated heterocycles. The van der Waals surface area contributed by atoms with Gasteiger partial charge in [0, 0.05) is 12.1 Å². The van der Waals surface area contributed by atoms with Gasteiger partial charge in [0.2, 0.25) is 5.43 Å². The largest absolute Gasteiger partial charge is 0.490 e. The minimum absolute atomic E-state index is 0.00826. The average molecular weight is 364 g/mol. The number of hydrogen-bond acceptors (Lipinski definition) is 4. The molecule has 4 heteroatoms. The Hall–Kier alpha value is -2.49. The fraction of sp³-hybridized carbons (Fsp3) is 0.435. The van der Waals surface area contributed by atoms with Crippen molar-refractivity contribution < 1.29 is 13.9 Å². The average Bonchev–Trinajstić information content (AvgIpc) is 3.36. The molecular weight excluding hydrogens is 340 g/mol. The van der Waals surface area contributed by atoms with Gasteiger partial charge in [0.05, 0.1) is 23.0 Å². The molecule has 0 unspecified atom stereocenters. The van der Waals surface area contributed by atoms with Crippen molar-refractivity contribution in [2.24, 2.45) is 0 Å². The van der Waals surface area contributed by atoms with Crippen LogP contribution >= 0.6 is 0 Å². The van der Waals surface area contributed by atoms with Crippen LogP contribution in [0, 0.1) is 0 Å². The van der Waals surface area contributed by atoms with Gasteiger partial charge >= 0.3 is 0 Å². The quantitative estimate of drug-likeness (QED) is 0.566. The van der Waals surface area contributed by atoms with Crippen molar-refractivity contribution in [1.82, 2.24) is 0 Å². The molecule has 140 valence electrons. The molecule has 27 heavy (non-hydrogen) atoms. The van der Waals surface area contributed by atoms with Crippen LogP contribution in [-0.4, -0.2) is 12.2 Å². The maximum absolute atomic E-state index is 12.9. The van der Waals surface area contributed by atoms with E-state index < -0.39 is 0 Å². The Balaban J connectivity index is 1.51. The minimum Gasteiger partial charge on any atom is -0.490 e. The van der Waals surface area contributed by atoms with Crippen LogP contribution in [0.25, 0.3) is 21.9 Å². The summed E-state index contributed by atoms with van der Waals surface area (Å²) in [5.74, 6) is 1.55. The van der Waals surface area contributed by atoms with Crippen molar-refractivity contribution >= 4 is 21.9 Å². The van der Waals surface area contributed by atoms with Crippen LogP contribution < -0.4 is 14.9 Å². The van der Waals surface area contributed by atoms with E-state index in [-0.39, 0.29) is 17.6 Å². The molecule has 1 heterocycles. The van der Waals surface area contributed by atoms with Crippen LogP contribution in [0.3, 0.4) is 0 Å². The minimum atomic E-state index is -0.00826. The lowest BCUT2D eigenvalue weighted by atomic mass is 10.1. The molecule has 4 nitrogen and oxygen atoms in total. The Morgan fingerprint density at radius 1 is 0.704 bits per heavy atom. The van der Waals surface area contributed by atoms with Crippen molar-refractivity contribution in [2.45, 2.75) is 63.6 Å². The summed E-state index contributed by atoms with van der Waals surface area (Å²) in [6.07, 6.45) is 9.85. The van der Waals surface area contributed by atoms with E-state index in [0.29, 0.717) is 21.9 Å². The molecule has 0 bridgehead atoms. The van der Waals surface area contributed by atoms with Crippen LogP contribution in [0.4, 0.5) is 0 Å². The molecule has 0 radical (unpaired) electrons. The summed E-state index contributed by atoms with van der Waals surface area (Å²) >= 11 is 0. The van der Waals surface area contributed by atoms with Crippen LogP contribution in [0.15, 0.2) is 45.6 Å². The molecule has 0 atom stereocenters. The zero-order valence-corrected chi connectivity index (χ0v) is 15.4. The van der Waals surface area contributed by atoms with Crippen molar-refractivity contribution in [3.8, 4) is 11.5 Å². The van der Waals surface area contributed by atoms with Gasteiger partial charge in [-0.25, -0.2) is 0 Å². The first-order chi connectivity index (χ1) is 13.3. The molecule has 1 aromatic heterocycles. The van der Waals surface area contributed by atoms with E-state index >= 15 is 0 Å². The third kappa shape index (κ3) is 3.29. The maximum atomic E-state index is 12.9. The third-order valence-corrected chi connectivity index (χ3v) is 5.83. The summed E-state index contributed by atoms with van der Waals surface area (Å²) in [6.45, 7) is 0. The highest BCUT2D eigenvalue weighted by atomic mass is 16.5. The second-order valence-corrected chi connectivity index (χ2v) is 7.80. The van der Waals surface area contributed by atoms with E-state index in [0.717, 1.165) is 37.2 Å². The molecule has 2 aromatic carbocycles. The summed E-state index contributed by atoms with van der Waals surface area (Å²) < 4.78 is 18.2. The first kappa shape index (κ1) is 16.7. The monoisotopic (exact) mass is 364 g/mol. The van der Waals surface area contributed by atoms with Crippen LogP contribution in [0.1, 0.15) is 51.4 Å². The van der Waals surface area contributed by atoms with E-state index in [2.05, 4.69) is 0 Å². The first-order valence-corrected chi connectivity index (χ1v) is 10.1. The Bertz CT molecular complexity index is 945. The first-order valence-electron chi connectivity index (χ1n) is 10.1. The predicted octanol–water partition coefficient (Wildman–Crippen LogP) is 5.59. The van der Waals surface area contributed by atoms with Gasteiger partial charge in [0.25, 0.3) is 0 Å². The second kappa shape index (κ2) is 6.91. The topological polar surface area (TPSA) is 48.7 Å². The van der Waals surface area contributed by atoms with Gasteiger partial charge in [0.15, 0.2) is 0 Å². The van der Waals surface area contributed by atoms with E-state index in [1.54, 1.807) is 0 Å². The normalized spacial score (nSPS) is 18.5. The van der Waals surface area contributed by atoms with Gasteiger partial charge < -0.3 is 13.9 Å². The molecule has 2 saturated carbocycles. The van der Waals surface area contributed by atoms with E-state index in [1.807, 2.05) is 36.4 Å². The predicted molar refractivity (Wildman–Crippen MR) is 106 cm³/mol. The number of hydrogen-bond donors (Lipinski definition) is 0. The summed E-state index contributed by atoms with van der Waals surface area (Å²) in [4.78, 5) is 12.9. The van der Waals surface area contributed by atoms with Gasteiger partial charge in [-0.05, 0) is 75.6 Å². The van der Waals surface area contributed by atoms with Crippen LogP contribution in [-0.2, 0) is 0 Å². The second-order valence-electron chi connectivity index (χ2n) is 7.80. The molecule has 5 rings (SSSR count). The standard InChI is InChI=1S/C23H24O4/c24-23-19-11-9-17(25-15-5-1-2-6-15)13-21(19)27-22-14-18(10-12-20(22)23)26-16-7-3-4-8-16/h9-16H,1-8H2. The van der Waals surface area contributed by atoms with E-state index in [4.69, 9.17) is 13.9 Å². The zero-order chi connectivity index (χ0) is 18.2. The summed E-state index contributed by atoms with van der Waals surface area (Å²) in [5.41, 5.74) is 1.13. The summed E-state index contributed by atoms with van der Waals surface area (Å²) in [7, 11) is 0. The van der Waals surface area contributed by atoms with Gasteiger partial charge in [-0.2, -0.15) is 0 Å². The highest BCUT2D eigenvalue weighted by molar-refractivity contribution is 5.90. The fourth-order valence-corrected chi connectivity index (χ4v) is 4.36. The maximum Gasteiger partial charge on any atom is 0.200 e. The Kier molecular flexibility index (Phi) is 4.27. The summed E-state index contributed by atoms with van der Waals surface area (Å²) in [5, 5.41) is 1.18. The van der Waals surface area contributed by atoms with Crippen molar-refractivity contribution in [1.29, 1.82) is 0 Å². The molecule has 0 aliphatic heterocycles. The molecule has 0 spiro atoms. The highest BCUT2D eigenvalue weighted by Gasteiger charge is 2.19. The van der Waals surface area contributed by atoms with Crippen molar-refractivity contribution in [2.75, 3.05) is 0 Å². The lowest BCUT2D eigenvalue weighted by Gasteiger charge is -2.14. The number of benzene rings is 2. The highest BCUT2D eigenvalue weighted by Crippen LogP contribution is 2.30. The molecule has 2 fully saturated rings. The number of fused-ring (bicyclic) bond motifs is 2. The molecule has 2 aliphatic carbocycles. The van der Waals surface area contributed by atoms with Gasteiger partial charge in [-0.1, -0.05) is 0 Å². The van der Waals surface area contributed by atoms with Crippen LogP contribution in [0.5, 0.6) is 11.5 Å². The number of ether oxygens (including phenoxy) is 2. The van der Waals surface area contributed by atoms with Gasteiger partial charge in [-0.3, -0.25) is 4.79 Å². The zero-order valence-electron chi connectivity index (χ0n) is 15.4. The third-order valence-electron chi connectivity index (χ3n) is 5.83. The smallest absolute Gasteiger partial charge is 0.200 e. The van der Waals surface area contributed by atoms with Gasteiger partial charge in [-0.15, -0.1) is 0 Å². The van der Waals surface area contributed by atoms with E-state index in [9.17, 15) is 4.79 Å². The number of rotatable bonds is 4. The molecule has 3 aromatic rings. The fourth-order valence-electron chi connectivity index (χ4n) is 4.36. The molecule has 2 aliphatic rings. The van der Waals surface area contributed by atoms with Crippen LogP contribution in [0.2, 0.25) is 0 Å². The van der Waals surface area contributed by atoms with Gasteiger partial charge in [0.1, 0.15) is 22.7 Å². The Morgan fingerprint density at radius 3 is 1.59 bits per heavy atom. The van der Waals surface area contributed by atoms with Crippen molar-refractivity contribution in [3.63, 3.8) is 0 Å². The van der Waals surface area contributed by atoms with E-state index in [1.165, 1.54) is 25.7 Å². The summed E-state index contributed by atoms with van der Waals surface area (Å²) in [6, 6.07) is 11.1. The molecule has 0 N–H and O–H groups in total. The molecule has 0 amide bonds. The Labute approximate surface area is 158 Å². The SMILES string of the molecule is O=c1c2ccc(OC3CCCC3)cc2oc2cc(OC3CCCC3)ccc12. The molecular formula is C23H24O4. The lowest BCUT2D eigenvalue weighted by molar-refractivity contribution is 0.210.